The van der Waals surface area contributed by atoms with Crippen molar-refractivity contribution >= 4 is 57.6 Å². The number of aromatic hydroxyl groups is 1. The molecule has 0 aliphatic carbocycles. The highest BCUT2D eigenvalue weighted by atomic mass is 35.5. The number of carbonyl (C=O) groups excluding carboxylic acids is 2. The first kappa shape index (κ1) is 30.1. The zero-order chi connectivity index (χ0) is 29.6. The lowest BCUT2D eigenvalue weighted by Gasteiger charge is -2.32. The van der Waals surface area contributed by atoms with Crippen molar-refractivity contribution in [2.45, 2.75) is 32.7 Å². The van der Waals surface area contributed by atoms with Gasteiger partial charge in [-0.05, 0) is 49.5 Å². The average molecular weight is 607 g/mol. The Morgan fingerprint density at radius 2 is 1.79 bits per heavy atom. The van der Waals surface area contributed by atoms with Crippen LogP contribution in [0, 0.1) is 0 Å². The highest BCUT2D eigenvalue weighted by Crippen LogP contribution is 2.31. The fourth-order valence-electron chi connectivity index (χ4n) is 5.10. The predicted octanol–water partition coefficient (Wildman–Crippen LogP) is 5.95. The highest BCUT2D eigenvalue weighted by Gasteiger charge is 2.22. The molecule has 1 saturated heterocycles. The molecule has 3 aromatic heterocycles. The number of furan rings is 1. The third-order valence-corrected chi connectivity index (χ3v) is 7.60. The topological polar surface area (TPSA) is 140 Å². The third kappa shape index (κ3) is 6.38. The molecule has 2 aromatic carbocycles. The Labute approximate surface area is 254 Å². The lowest BCUT2D eigenvalue weighted by atomic mass is 9.93. The largest absolute Gasteiger partial charge is 0.508 e. The first-order chi connectivity index (χ1) is 20.0. The summed E-state index contributed by atoms with van der Waals surface area (Å²) in [7, 11) is 2.11. The smallest absolute Gasteiger partial charge is 0.324 e. The molecule has 2 amide bonds. The van der Waals surface area contributed by atoms with Crippen LogP contribution < -0.4 is 10.6 Å². The number of hydrogen-bond donors (Lipinski definition) is 4. The fraction of sp³-hybridized carbons (Fsp3) is 0.323. The van der Waals surface area contributed by atoms with Crippen molar-refractivity contribution < 1.29 is 23.6 Å². The molecule has 226 valence electrons. The van der Waals surface area contributed by atoms with Crippen LogP contribution in [0.25, 0.3) is 21.9 Å². The molecule has 0 atom stereocenters. The molecule has 5 aromatic rings. The molecule has 4 N–H and O–H groups in total. The summed E-state index contributed by atoms with van der Waals surface area (Å²) in [5.41, 5.74) is 2.75. The van der Waals surface area contributed by atoms with Crippen LogP contribution in [0.5, 0.6) is 5.75 Å². The van der Waals surface area contributed by atoms with E-state index >= 15 is 0 Å². The van der Waals surface area contributed by atoms with Crippen molar-refractivity contribution in [3.8, 4) is 5.75 Å². The van der Waals surface area contributed by atoms with E-state index < -0.39 is 6.03 Å². The second-order valence-electron chi connectivity index (χ2n) is 11.9. The number of fused-ring (bicyclic) bond motifs is 2. The van der Waals surface area contributed by atoms with Gasteiger partial charge in [0.05, 0.1) is 5.69 Å². The van der Waals surface area contributed by atoms with Crippen molar-refractivity contribution in [2.75, 3.05) is 43.9 Å². The normalized spacial score (nSPS) is 14.6. The maximum atomic E-state index is 13.4. The third-order valence-electron chi connectivity index (χ3n) is 7.60. The van der Waals surface area contributed by atoms with Crippen LogP contribution in [0.1, 0.15) is 48.3 Å². The molecule has 0 spiro atoms. The number of H-pyrrole nitrogens is 1. The van der Waals surface area contributed by atoms with Gasteiger partial charge in [0.15, 0.2) is 11.6 Å². The van der Waals surface area contributed by atoms with E-state index in [2.05, 4.69) is 37.6 Å². The first-order valence-corrected chi connectivity index (χ1v) is 13.9. The van der Waals surface area contributed by atoms with Crippen LogP contribution in [0.2, 0.25) is 0 Å². The number of rotatable bonds is 6. The minimum atomic E-state index is -0.475. The van der Waals surface area contributed by atoms with Gasteiger partial charge >= 0.3 is 6.03 Å². The molecule has 1 aliphatic rings. The summed E-state index contributed by atoms with van der Waals surface area (Å²) >= 11 is 0. The van der Waals surface area contributed by atoms with Crippen LogP contribution in [0.3, 0.4) is 0 Å². The maximum Gasteiger partial charge on any atom is 0.324 e. The number of amides is 2. The molecule has 0 radical (unpaired) electrons. The van der Waals surface area contributed by atoms with Crippen LogP contribution in [0.15, 0.2) is 57.5 Å². The number of urea groups is 1. The van der Waals surface area contributed by atoms with Gasteiger partial charge in [0.25, 0.3) is 0 Å². The van der Waals surface area contributed by atoms with Gasteiger partial charge < -0.3 is 29.2 Å². The zero-order valence-electron chi connectivity index (χ0n) is 24.5. The quantitative estimate of drug-likeness (QED) is 0.174. The van der Waals surface area contributed by atoms with E-state index in [4.69, 9.17) is 8.94 Å². The molecule has 1 fully saturated rings. The predicted molar refractivity (Wildman–Crippen MR) is 167 cm³/mol. The van der Waals surface area contributed by atoms with Crippen LogP contribution in [0.4, 0.5) is 16.3 Å². The van der Waals surface area contributed by atoms with Gasteiger partial charge in [-0.15, -0.1) is 12.4 Å². The highest BCUT2D eigenvalue weighted by molar-refractivity contribution is 6.10. The second kappa shape index (κ2) is 11.8. The van der Waals surface area contributed by atoms with E-state index in [-0.39, 0.29) is 35.1 Å². The Hall–Kier alpha value is -4.32. The number of nitrogens with one attached hydrogen (secondary N) is 3. The molecule has 12 heteroatoms. The van der Waals surface area contributed by atoms with Gasteiger partial charge in [-0.2, -0.15) is 0 Å². The van der Waals surface area contributed by atoms with E-state index in [0.29, 0.717) is 40.5 Å². The van der Waals surface area contributed by atoms with Crippen LogP contribution in [-0.4, -0.2) is 70.1 Å². The number of halogens is 1. The maximum absolute atomic E-state index is 13.4. The number of aromatic amines is 1. The number of aromatic nitrogens is 2. The lowest BCUT2D eigenvalue weighted by Crippen LogP contribution is -2.43. The fourth-order valence-corrected chi connectivity index (χ4v) is 5.10. The van der Waals surface area contributed by atoms with Crippen molar-refractivity contribution in [2.24, 2.45) is 0 Å². The molecule has 0 bridgehead atoms. The van der Waals surface area contributed by atoms with Gasteiger partial charge in [-0.1, -0.05) is 25.9 Å². The Morgan fingerprint density at radius 3 is 2.51 bits per heavy atom. The Kier molecular flexibility index (Phi) is 8.24. The van der Waals surface area contributed by atoms with E-state index in [9.17, 15) is 14.7 Å². The summed E-state index contributed by atoms with van der Waals surface area (Å²) in [6.07, 6.45) is 0. The van der Waals surface area contributed by atoms with Crippen molar-refractivity contribution in [3.05, 3.63) is 71.3 Å². The molecule has 43 heavy (non-hydrogen) atoms. The van der Waals surface area contributed by atoms with E-state index in [0.717, 1.165) is 42.6 Å². The lowest BCUT2D eigenvalue weighted by molar-refractivity contribution is 0.101. The number of phenolic OH excluding ortho intramolecular Hbond substituents is 1. The van der Waals surface area contributed by atoms with Gasteiger partial charge in [0.1, 0.15) is 17.1 Å². The standard InChI is InChI=1S/C31H34N6O5.ClH/c1-31(2,3)27-16-28(35-42-27)34-30(40)32-19-5-8-25-18(13-19)14-26(41-25)29(39)23-15-20-21(24(38)7-6-22(20)33-23)17-37-11-9-36(4)10-12-37;/h5-8,13-16,33,38H,9-12,17H2,1-4H3,(H2,32,34,35,40);1H. The average Bonchev–Trinajstić information content (AvgIpc) is 3.69. The SMILES string of the molecule is CN1CCN(Cc2c(O)ccc3[nH]c(C(=O)c4cc5cc(NC(=O)Nc6cc(C(C)(C)C)on6)ccc5o4)cc23)CC1.Cl. The van der Waals surface area contributed by atoms with Gasteiger partial charge in [-0.25, -0.2) is 4.79 Å². The number of ketones is 1. The monoisotopic (exact) mass is 606 g/mol. The van der Waals surface area contributed by atoms with Crippen LogP contribution in [-0.2, 0) is 12.0 Å². The molecule has 1 aliphatic heterocycles. The summed E-state index contributed by atoms with van der Waals surface area (Å²) in [5, 5.41) is 21.5. The van der Waals surface area contributed by atoms with E-state index in [1.54, 1.807) is 48.5 Å². The number of phenols is 1. The number of likely N-dealkylation sites (N-methyl/N-ethyl adjacent to an activating group) is 1. The summed E-state index contributed by atoms with van der Waals surface area (Å²) in [6.45, 7) is 10.4. The minimum absolute atomic E-state index is 0. The summed E-state index contributed by atoms with van der Waals surface area (Å²) in [4.78, 5) is 33.8. The van der Waals surface area contributed by atoms with Gasteiger partial charge in [0, 0.05) is 71.7 Å². The Morgan fingerprint density at radius 1 is 1.02 bits per heavy atom. The molecule has 4 heterocycles. The van der Waals surface area contributed by atoms with Crippen molar-refractivity contribution in [3.63, 3.8) is 0 Å². The van der Waals surface area contributed by atoms with Crippen LogP contribution >= 0.6 is 12.4 Å². The number of hydrogen-bond acceptors (Lipinski definition) is 8. The number of carbonyl (C=O) groups is 2. The first-order valence-electron chi connectivity index (χ1n) is 13.9. The number of anilines is 2. The molecule has 11 nitrogen and oxygen atoms in total. The number of benzene rings is 2. The molecule has 0 unspecified atom stereocenters. The Bertz CT molecular complexity index is 1790. The molecule has 6 rings (SSSR count). The second-order valence-corrected chi connectivity index (χ2v) is 11.9. The molecular formula is C31H35ClN6O5. The number of nitrogens with zero attached hydrogens (tertiary/aromatic N) is 3. The van der Waals surface area contributed by atoms with Gasteiger partial charge in [-0.3, -0.25) is 15.0 Å². The summed E-state index contributed by atoms with van der Waals surface area (Å²) in [5.74, 6) is 1.05. The van der Waals surface area contributed by atoms with Gasteiger partial charge in [0.2, 0.25) is 5.78 Å². The van der Waals surface area contributed by atoms with E-state index in [1.165, 1.54) is 0 Å². The zero-order valence-corrected chi connectivity index (χ0v) is 25.3. The van der Waals surface area contributed by atoms with Crippen molar-refractivity contribution in [1.29, 1.82) is 0 Å². The summed E-state index contributed by atoms with van der Waals surface area (Å²) in [6, 6.07) is 13.2. The minimum Gasteiger partial charge on any atom is -0.508 e. The Balaban J connectivity index is 0.00000368. The molecular weight excluding hydrogens is 572 g/mol. The summed E-state index contributed by atoms with van der Waals surface area (Å²) < 4.78 is 11.2. The van der Waals surface area contributed by atoms with E-state index in [1.807, 2.05) is 20.8 Å². The number of piperazine rings is 1. The van der Waals surface area contributed by atoms with Crippen molar-refractivity contribution in [1.82, 2.24) is 19.9 Å². The molecule has 0 saturated carbocycles.